The number of hydrogen-bond acceptors (Lipinski definition) is 3. The Bertz CT molecular complexity index is 261. The van der Waals surface area contributed by atoms with Crippen LogP contribution in [0.25, 0.3) is 0 Å². The molecule has 0 radical (unpaired) electrons. The predicted octanol–water partition coefficient (Wildman–Crippen LogP) is 0.657. The molecule has 0 aromatic carbocycles. The van der Waals surface area contributed by atoms with Crippen LogP contribution in [0.2, 0.25) is 0 Å². The summed E-state index contributed by atoms with van der Waals surface area (Å²) in [4.78, 5) is 21.4. The third-order valence-electron chi connectivity index (χ3n) is 1.66. The van der Waals surface area contributed by atoms with E-state index in [9.17, 15) is 9.59 Å². The van der Waals surface area contributed by atoms with Crippen molar-refractivity contribution in [3.63, 3.8) is 0 Å². The fraction of sp³-hybridized carbons (Fsp3) is 0.333. The minimum Gasteiger partial charge on any atom is -0.380 e. The molecule has 64 valence electrons. The van der Waals surface area contributed by atoms with Gasteiger partial charge >= 0.3 is 0 Å². The van der Waals surface area contributed by atoms with Gasteiger partial charge in [0.15, 0.2) is 12.1 Å². The molecule has 1 aliphatic rings. The van der Waals surface area contributed by atoms with Crippen LogP contribution < -0.4 is 0 Å². The van der Waals surface area contributed by atoms with Crippen LogP contribution in [0.15, 0.2) is 23.3 Å². The first-order valence-electron chi connectivity index (χ1n) is 3.65. The molecule has 0 unspecified atom stereocenters. The predicted molar refractivity (Wildman–Crippen MR) is 43.7 cm³/mol. The zero-order valence-corrected chi connectivity index (χ0v) is 6.87. The molecular weight excluding hydrogens is 156 g/mol. The second-order valence-corrected chi connectivity index (χ2v) is 2.60. The molecule has 0 aromatic rings. The molecular formula is C9H10O3. The monoisotopic (exact) mass is 166 g/mol. The van der Waals surface area contributed by atoms with Crippen molar-refractivity contribution >= 4 is 12.1 Å². The van der Waals surface area contributed by atoms with E-state index >= 15 is 0 Å². The van der Waals surface area contributed by atoms with E-state index in [0.717, 1.165) is 5.57 Å². The van der Waals surface area contributed by atoms with Crippen LogP contribution in [0, 0.1) is 0 Å². The lowest BCUT2D eigenvalue weighted by Crippen LogP contribution is -2.11. The first-order chi connectivity index (χ1) is 5.77. The minimum absolute atomic E-state index is 0.125. The molecule has 0 heterocycles. The van der Waals surface area contributed by atoms with Crippen molar-refractivity contribution < 1.29 is 14.3 Å². The van der Waals surface area contributed by atoms with Crippen LogP contribution in [-0.2, 0) is 14.3 Å². The number of rotatable bonds is 3. The second kappa shape index (κ2) is 3.97. The maximum Gasteiger partial charge on any atom is 0.170 e. The lowest BCUT2D eigenvalue weighted by Gasteiger charge is -2.08. The maximum absolute atomic E-state index is 11.1. The molecule has 12 heavy (non-hydrogen) atoms. The molecule has 1 rings (SSSR count). The van der Waals surface area contributed by atoms with Crippen molar-refractivity contribution in [2.24, 2.45) is 0 Å². The van der Waals surface area contributed by atoms with Gasteiger partial charge in [-0.25, -0.2) is 0 Å². The van der Waals surface area contributed by atoms with Gasteiger partial charge in [-0.1, -0.05) is 6.08 Å². The Morgan fingerprint density at radius 2 is 2.33 bits per heavy atom. The van der Waals surface area contributed by atoms with Crippen LogP contribution in [-0.4, -0.2) is 25.8 Å². The lowest BCUT2D eigenvalue weighted by molar-refractivity contribution is -0.117. The zero-order valence-electron chi connectivity index (χ0n) is 6.87. The van der Waals surface area contributed by atoms with Gasteiger partial charge in [-0.15, -0.1) is 0 Å². The molecule has 0 saturated carbocycles. The third-order valence-corrected chi connectivity index (χ3v) is 1.66. The van der Waals surface area contributed by atoms with Crippen molar-refractivity contribution in [1.82, 2.24) is 0 Å². The molecule has 0 N–H and O–H groups in total. The largest absolute Gasteiger partial charge is 0.380 e. The van der Waals surface area contributed by atoms with Crippen LogP contribution in [0.1, 0.15) is 6.42 Å². The third kappa shape index (κ3) is 1.89. The highest BCUT2D eigenvalue weighted by Gasteiger charge is 2.14. The van der Waals surface area contributed by atoms with Gasteiger partial charge < -0.3 is 4.74 Å². The molecule has 0 aliphatic heterocycles. The smallest absolute Gasteiger partial charge is 0.170 e. The van der Waals surface area contributed by atoms with E-state index in [2.05, 4.69) is 0 Å². The first-order valence-corrected chi connectivity index (χ1v) is 3.65. The number of Topliss-reactive ketones (excluding diaryl/α,β-unsaturated/α-hetero) is 1. The van der Waals surface area contributed by atoms with Gasteiger partial charge in [-0.3, -0.25) is 9.59 Å². The summed E-state index contributed by atoms with van der Waals surface area (Å²) >= 11 is 0. The van der Waals surface area contributed by atoms with Gasteiger partial charge in [-0.05, 0) is 11.6 Å². The summed E-state index contributed by atoms with van der Waals surface area (Å²) in [6.07, 6.45) is 4.18. The van der Waals surface area contributed by atoms with Crippen LogP contribution in [0.5, 0.6) is 0 Å². The maximum atomic E-state index is 11.1. The fourth-order valence-electron chi connectivity index (χ4n) is 1.06. The standard InChI is InChI=1S/C9H10O3/c1-12-6-7-2-3-8(5-10)9(11)4-7/h2-3,5H,4,6H2,1H3. The Morgan fingerprint density at radius 3 is 2.83 bits per heavy atom. The first kappa shape index (κ1) is 8.87. The van der Waals surface area contributed by atoms with E-state index in [-0.39, 0.29) is 11.4 Å². The molecule has 0 saturated heterocycles. The van der Waals surface area contributed by atoms with Crippen molar-refractivity contribution in [3.8, 4) is 0 Å². The number of ketones is 1. The van der Waals surface area contributed by atoms with Crippen LogP contribution in [0.4, 0.5) is 0 Å². The van der Waals surface area contributed by atoms with Gasteiger partial charge in [0.1, 0.15) is 0 Å². The van der Waals surface area contributed by atoms with E-state index in [1.165, 1.54) is 6.08 Å². The quantitative estimate of drug-likeness (QED) is 0.457. The summed E-state index contributed by atoms with van der Waals surface area (Å²) in [5, 5.41) is 0. The Labute approximate surface area is 70.7 Å². The lowest BCUT2D eigenvalue weighted by atomic mass is 9.98. The molecule has 1 aliphatic carbocycles. The Balaban J connectivity index is 2.74. The Morgan fingerprint density at radius 1 is 1.58 bits per heavy atom. The molecule has 0 amide bonds. The number of hydrogen-bond donors (Lipinski definition) is 0. The van der Waals surface area contributed by atoms with Crippen LogP contribution in [0.3, 0.4) is 0 Å². The molecule has 0 fully saturated rings. The van der Waals surface area contributed by atoms with E-state index in [1.807, 2.05) is 0 Å². The van der Waals surface area contributed by atoms with E-state index in [1.54, 1.807) is 13.2 Å². The van der Waals surface area contributed by atoms with Crippen molar-refractivity contribution in [1.29, 1.82) is 0 Å². The van der Waals surface area contributed by atoms with E-state index < -0.39 is 0 Å². The number of allylic oxidation sites excluding steroid dienone is 3. The SMILES string of the molecule is COCC1=CC=C(C=O)C(=O)C1. The summed E-state index contributed by atoms with van der Waals surface area (Å²) < 4.78 is 4.86. The minimum atomic E-state index is -0.125. The van der Waals surface area contributed by atoms with Crippen LogP contribution >= 0.6 is 0 Å². The topological polar surface area (TPSA) is 43.4 Å². The number of aldehydes is 1. The number of carbonyl (C=O) groups is 2. The molecule has 0 atom stereocenters. The number of methoxy groups -OCH3 is 1. The average molecular weight is 166 g/mol. The molecule has 3 heteroatoms. The second-order valence-electron chi connectivity index (χ2n) is 2.60. The average Bonchev–Trinajstić information content (AvgIpc) is 2.05. The van der Waals surface area contributed by atoms with Gasteiger partial charge in [0.25, 0.3) is 0 Å². The Hall–Kier alpha value is -1.22. The summed E-state index contributed by atoms with van der Waals surface area (Å²) in [5.41, 5.74) is 1.16. The van der Waals surface area contributed by atoms with Gasteiger partial charge in [0, 0.05) is 13.5 Å². The normalized spacial score (nSPS) is 16.9. The highest BCUT2D eigenvalue weighted by molar-refractivity contribution is 6.13. The molecule has 0 spiro atoms. The summed E-state index contributed by atoms with van der Waals surface area (Å²) in [5.74, 6) is -0.125. The van der Waals surface area contributed by atoms with Crippen molar-refractivity contribution in [2.45, 2.75) is 6.42 Å². The van der Waals surface area contributed by atoms with E-state index in [0.29, 0.717) is 19.3 Å². The highest BCUT2D eigenvalue weighted by atomic mass is 16.5. The van der Waals surface area contributed by atoms with Gasteiger partial charge in [-0.2, -0.15) is 0 Å². The molecule has 3 nitrogen and oxygen atoms in total. The van der Waals surface area contributed by atoms with Crippen molar-refractivity contribution in [2.75, 3.05) is 13.7 Å². The van der Waals surface area contributed by atoms with Crippen molar-refractivity contribution in [3.05, 3.63) is 23.3 Å². The fourth-order valence-corrected chi connectivity index (χ4v) is 1.06. The van der Waals surface area contributed by atoms with Gasteiger partial charge in [0.2, 0.25) is 0 Å². The number of ether oxygens (including phenoxy) is 1. The molecule has 0 aromatic heterocycles. The van der Waals surface area contributed by atoms with E-state index in [4.69, 9.17) is 4.74 Å². The summed E-state index contributed by atoms with van der Waals surface area (Å²) in [6, 6.07) is 0. The van der Waals surface area contributed by atoms with Gasteiger partial charge in [0.05, 0.1) is 12.2 Å². The Kier molecular flexibility index (Phi) is 2.94. The molecule has 0 bridgehead atoms. The number of carbonyl (C=O) groups excluding carboxylic acids is 2. The highest BCUT2D eigenvalue weighted by Crippen LogP contribution is 2.13. The summed E-state index contributed by atoms with van der Waals surface area (Å²) in [7, 11) is 1.57. The summed E-state index contributed by atoms with van der Waals surface area (Å²) in [6.45, 7) is 0.453. The zero-order chi connectivity index (χ0) is 8.97.